The second kappa shape index (κ2) is 5.92. The smallest absolute Gasteiger partial charge is 0.276 e. The molecule has 2 rings (SSSR count). The second-order valence-corrected chi connectivity index (χ2v) is 5.09. The predicted octanol–water partition coefficient (Wildman–Crippen LogP) is 3.95. The Morgan fingerprint density at radius 1 is 1.35 bits per heavy atom. The molecular formula is C14H12BrNO4. The maximum Gasteiger partial charge on any atom is 0.276 e. The molecule has 0 aliphatic rings. The van der Waals surface area contributed by atoms with Crippen molar-refractivity contribution >= 4 is 21.6 Å². The van der Waals surface area contributed by atoms with Gasteiger partial charge in [-0.2, -0.15) is 0 Å². The van der Waals surface area contributed by atoms with Gasteiger partial charge in [-0.1, -0.05) is 12.1 Å². The second-order valence-electron chi connectivity index (χ2n) is 4.23. The van der Waals surface area contributed by atoms with E-state index in [4.69, 9.17) is 4.74 Å². The number of halogens is 1. The summed E-state index contributed by atoms with van der Waals surface area (Å²) in [5.41, 5.74) is 1.38. The summed E-state index contributed by atoms with van der Waals surface area (Å²) in [5.74, 6) is 0.631. The van der Waals surface area contributed by atoms with Crippen molar-refractivity contribution in [3.63, 3.8) is 0 Å². The number of nitro groups is 1. The molecule has 0 saturated carbocycles. The molecular weight excluding hydrogens is 326 g/mol. The Balaban J connectivity index is 2.25. The molecule has 0 aromatic heterocycles. The number of rotatable bonds is 4. The Bertz CT molecular complexity index is 658. The van der Waals surface area contributed by atoms with Crippen LogP contribution in [-0.4, -0.2) is 10.0 Å². The van der Waals surface area contributed by atoms with Crippen molar-refractivity contribution in [2.24, 2.45) is 0 Å². The van der Waals surface area contributed by atoms with Gasteiger partial charge in [0.05, 0.1) is 15.0 Å². The van der Waals surface area contributed by atoms with Gasteiger partial charge in [0.1, 0.15) is 18.1 Å². The van der Waals surface area contributed by atoms with Crippen LogP contribution in [0.3, 0.4) is 0 Å². The van der Waals surface area contributed by atoms with E-state index in [2.05, 4.69) is 15.9 Å². The number of ether oxygens (including phenoxy) is 1. The SMILES string of the molecule is Cc1cccc([N+](=O)[O-])c1COc1ccc(O)cc1Br. The van der Waals surface area contributed by atoms with E-state index in [1.54, 1.807) is 25.1 Å². The summed E-state index contributed by atoms with van der Waals surface area (Å²) in [5, 5.41) is 20.3. The molecule has 0 bridgehead atoms. The van der Waals surface area contributed by atoms with Crippen LogP contribution in [0.25, 0.3) is 0 Å². The molecule has 0 saturated heterocycles. The van der Waals surface area contributed by atoms with E-state index in [1.165, 1.54) is 18.2 Å². The number of nitrogens with zero attached hydrogens (tertiary/aromatic N) is 1. The minimum Gasteiger partial charge on any atom is -0.508 e. The molecule has 0 unspecified atom stereocenters. The molecule has 2 aromatic rings. The van der Waals surface area contributed by atoms with E-state index in [9.17, 15) is 15.2 Å². The molecule has 6 heteroatoms. The third-order valence-electron chi connectivity index (χ3n) is 2.87. The third kappa shape index (κ3) is 3.08. The lowest BCUT2D eigenvalue weighted by molar-refractivity contribution is -0.385. The van der Waals surface area contributed by atoms with E-state index in [0.29, 0.717) is 15.8 Å². The summed E-state index contributed by atoms with van der Waals surface area (Å²) < 4.78 is 6.18. The van der Waals surface area contributed by atoms with Crippen molar-refractivity contribution < 1.29 is 14.8 Å². The molecule has 104 valence electrons. The van der Waals surface area contributed by atoms with Crippen LogP contribution in [0.1, 0.15) is 11.1 Å². The molecule has 0 spiro atoms. The zero-order valence-electron chi connectivity index (χ0n) is 10.7. The van der Waals surface area contributed by atoms with E-state index >= 15 is 0 Å². The quantitative estimate of drug-likeness (QED) is 0.677. The van der Waals surface area contributed by atoms with Gasteiger partial charge >= 0.3 is 0 Å². The van der Waals surface area contributed by atoms with Gasteiger partial charge in [-0.05, 0) is 46.6 Å². The molecule has 0 radical (unpaired) electrons. The molecule has 0 fully saturated rings. The van der Waals surface area contributed by atoms with Crippen molar-refractivity contribution in [1.29, 1.82) is 0 Å². The average Bonchev–Trinajstić information content (AvgIpc) is 2.38. The first-order valence-corrected chi connectivity index (χ1v) is 6.62. The van der Waals surface area contributed by atoms with Crippen LogP contribution in [0.4, 0.5) is 5.69 Å². The van der Waals surface area contributed by atoms with Gasteiger partial charge in [0.2, 0.25) is 0 Å². The summed E-state index contributed by atoms with van der Waals surface area (Å²) in [6.45, 7) is 1.89. The Morgan fingerprint density at radius 2 is 2.10 bits per heavy atom. The van der Waals surface area contributed by atoms with Gasteiger partial charge in [-0.3, -0.25) is 10.1 Å². The highest BCUT2D eigenvalue weighted by atomic mass is 79.9. The van der Waals surface area contributed by atoms with E-state index < -0.39 is 4.92 Å². The molecule has 0 heterocycles. The lowest BCUT2D eigenvalue weighted by Gasteiger charge is -2.10. The van der Waals surface area contributed by atoms with Crippen LogP contribution in [0.15, 0.2) is 40.9 Å². The number of aromatic hydroxyl groups is 1. The van der Waals surface area contributed by atoms with Crippen LogP contribution in [0, 0.1) is 17.0 Å². The largest absolute Gasteiger partial charge is 0.508 e. The molecule has 0 aliphatic carbocycles. The maximum atomic E-state index is 11.0. The van der Waals surface area contributed by atoms with Crippen molar-refractivity contribution in [3.05, 3.63) is 62.1 Å². The molecule has 20 heavy (non-hydrogen) atoms. The van der Waals surface area contributed by atoms with Crippen LogP contribution < -0.4 is 4.74 Å². The van der Waals surface area contributed by atoms with Crippen molar-refractivity contribution in [2.45, 2.75) is 13.5 Å². The summed E-state index contributed by atoms with van der Waals surface area (Å²) in [7, 11) is 0. The number of benzene rings is 2. The zero-order chi connectivity index (χ0) is 14.7. The van der Waals surface area contributed by atoms with Crippen LogP contribution in [0.5, 0.6) is 11.5 Å². The first kappa shape index (κ1) is 14.3. The Labute approximate surface area is 124 Å². The summed E-state index contributed by atoms with van der Waals surface area (Å²) in [4.78, 5) is 10.6. The van der Waals surface area contributed by atoms with Gasteiger partial charge in [0.15, 0.2) is 0 Å². The number of phenols is 1. The van der Waals surface area contributed by atoms with Crippen LogP contribution in [0.2, 0.25) is 0 Å². The first-order chi connectivity index (χ1) is 9.49. The molecule has 1 N–H and O–H groups in total. The minimum atomic E-state index is -0.419. The Hall–Kier alpha value is -2.08. The fourth-order valence-electron chi connectivity index (χ4n) is 1.80. The molecule has 2 aromatic carbocycles. The zero-order valence-corrected chi connectivity index (χ0v) is 12.3. The maximum absolute atomic E-state index is 11.0. The van der Waals surface area contributed by atoms with Gasteiger partial charge in [-0.25, -0.2) is 0 Å². The summed E-state index contributed by atoms with van der Waals surface area (Å²) >= 11 is 3.27. The van der Waals surface area contributed by atoms with Gasteiger partial charge in [0, 0.05) is 6.07 Å². The molecule has 5 nitrogen and oxygen atoms in total. The van der Waals surface area contributed by atoms with Crippen molar-refractivity contribution in [3.8, 4) is 11.5 Å². The number of phenolic OH excluding ortho intramolecular Hbond substituents is 1. The van der Waals surface area contributed by atoms with E-state index in [0.717, 1.165) is 5.56 Å². The molecule has 0 aliphatic heterocycles. The lowest BCUT2D eigenvalue weighted by Crippen LogP contribution is -2.03. The topological polar surface area (TPSA) is 72.6 Å². The van der Waals surface area contributed by atoms with E-state index in [1.807, 2.05) is 0 Å². The van der Waals surface area contributed by atoms with Crippen LogP contribution in [-0.2, 0) is 6.61 Å². The predicted molar refractivity (Wildman–Crippen MR) is 78.0 cm³/mol. The summed E-state index contributed by atoms with van der Waals surface area (Å²) in [6, 6.07) is 9.50. The summed E-state index contributed by atoms with van der Waals surface area (Å²) in [6.07, 6.45) is 0. The standard InChI is InChI=1S/C14H12BrNO4/c1-9-3-2-4-13(16(18)19)11(9)8-20-14-6-5-10(17)7-12(14)15/h2-7,17H,8H2,1H3. The number of aryl methyl sites for hydroxylation is 1. The Morgan fingerprint density at radius 3 is 2.75 bits per heavy atom. The minimum absolute atomic E-state index is 0.0416. The molecule has 0 atom stereocenters. The number of hydrogen-bond donors (Lipinski definition) is 1. The highest BCUT2D eigenvalue weighted by Crippen LogP contribution is 2.30. The normalized spacial score (nSPS) is 10.3. The highest BCUT2D eigenvalue weighted by Gasteiger charge is 2.16. The third-order valence-corrected chi connectivity index (χ3v) is 3.49. The van der Waals surface area contributed by atoms with Gasteiger partial charge < -0.3 is 9.84 Å². The van der Waals surface area contributed by atoms with Crippen molar-refractivity contribution in [2.75, 3.05) is 0 Å². The fraction of sp³-hybridized carbons (Fsp3) is 0.143. The fourth-order valence-corrected chi connectivity index (χ4v) is 2.28. The van der Waals surface area contributed by atoms with Crippen LogP contribution >= 0.6 is 15.9 Å². The van der Waals surface area contributed by atoms with Gasteiger partial charge in [0.25, 0.3) is 5.69 Å². The lowest BCUT2D eigenvalue weighted by atomic mass is 10.1. The average molecular weight is 338 g/mol. The first-order valence-electron chi connectivity index (χ1n) is 5.83. The number of hydrogen-bond acceptors (Lipinski definition) is 4. The Kier molecular flexibility index (Phi) is 4.24. The van der Waals surface area contributed by atoms with E-state index in [-0.39, 0.29) is 18.0 Å². The van der Waals surface area contributed by atoms with Gasteiger partial charge in [-0.15, -0.1) is 0 Å². The number of nitro benzene ring substituents is 1. The van der Waals surface area contributed by atoms with Crippen molar-refractivity contribution in [1.82, 2.24) is 0 Å². The highest BCUT2D eigenvalue weighted by molar-refractivity contribution is 9.10. The monoisotopic (exact) mass is 337 g/mol. The molecule has 0 amide bonds.